The van der Waals surface area contributed by atoms with E-state index in [4.69, 9.17) is 52.9 Å². The van der Waals surface area contributed by atoms with Gasteiger partial charge in [0.05, 0.1) is 0 Å². The van der Waals surface area contributed by atoms with E-state index in [0.29, 0.717) is 0 Å². The lowest BCUT2D eigenvalue weighted by atomic mass is 9.95. The maximum absolute atomic E-state index is 12.2. The topological polar surface area (TPSA) is 261 Å². The van der Waals surface area contributed by atoms with Gasteiger partial charge in [-0.15, -0.1) is 0 Å². The molecule has 46 heavy (non-hydrogen) atoms. The van der Waals surface area contributed by atoms with E-state index >= 15 is 0 Å². The molecule has 2 aliphatic heterocycles. The van der Waals surface area contributed by atoms with Crippen molar-refractivity contribution in [3.8, 4) is 0 Å². The van der Waals surface area contributed by atoms with Crippen LogP contribution in [0.4, 0.5) is 0 Å². The molecule has 10 atom stereocenters. The predicted molar refractivity (Wildman–Crippen MR) is 142 cm³/mol. The first kappa shape index (κ1) is 37.7. The van der Waals surface area contributed by atoms with Crippen LogP contribution in [0.25, 0.3) is 10.4 Å². The normalized spacial score (nSPS) is 30.3. The van der Waals surface area contributed by atoms with Crippen LogP contribution in [0.1, 0.15) is 48.5 Å². The van der Waals surface area contributed by atoms with E-state index in [1.54, 1.807) is 0 Å². The Labute approximate surface area is 261 Å². The van der Waals surface area contributed by atoms with E-state index in [2.05, 4.69) is 10.0 Å². The van der Waals surface area contributed by atoms with Crippen molar-refractivity contribution in [1.29, 1.82) is 0 Å². The number of azide groups is 1. The van der Waals surface area contributed by atoms with Crippen LogP contribution >= 0.6 is 0 Å². The monoisotopic (exact) mass is 661 g/mol. The van der Waals surface area contributed by atoms with Crippen LogP contribution < -0.4 is 0 Å². The third kappa shape index (κ3) is 11.1. The number of rotatable bonds is 12. The minimum absolute atomic E-state index is 0.585. The molecule has 0 saturated carbocycles. The lowest BCUT2D eigenvalue weighted by molar-refractivity contribution is -0.344. The summed E-state index contributed by atoms with van der Waals surface area (Å²) in [4.78, 5) is 86.7. The van der Waals surface area contributed by atoms with Crippen molar-refractivity contribution in [1.82, 2.24) is 0 Å². The molecule has 0 spiro atoms. The number of carbonyl (C=O) groups is 7. The Morgan fingerprint density at radius 2 is 0.935 bits per heavy atom. The Bertz CT molecular complexity index is 1220. The molecular formula is C26H35N3O17. The van der Waals surface area contributed by atoms with Crippen LogP contribution in [-0.4, -0.2) is 116 Å². The van der Waals surface area contributed by atoms with Crippen molar-refractivity contribution in [3.05, 3.63) is 10.4 Å². The molecule has 0 amide bonds. The van der Waals surface area contributed by atoms with E-state index in [1.165, 1.54) is 0 Å². The second-order valence-electron chi connectivity index (χ2n) is 9.89. The molecule has 0 aromatic heterocycles. The van der Waals surface area contributed by atoms with Gasteiger partial charge in [0.2, 0.25) is 0 Å². The largest absolute Gasteiger partial charge is 0.463 e. The summed E-state index contributed by atoms with van der Waals surface area (Å²) in [6.45, 7) is 6.05. The van der Waals surface area contributed by atoms with Crippen molar-refractivity contribution in [3.63, 3.8) is 0 Å². The fourth-order valence-corrected chi connectivity index (χ4v) is 4.63. The van der Waals surface area contributed by atoms with Crippen LogP contribution in [0.5, 0.6) is 0 Å². The van der Waals surface area contributed by atoms with Crippen molar-refractivity contribution in [2.24, 2.45) is 5.11 Å². The fourth-order valence-electron chi connectivity index (χ4n) is 4.63. The molecule has 0 aromatic rings. The zero-order valence-electron chi connectivity index (χ0n) is 26.0. The first-order valence-corrected chi connectivity index (χ1v) is 13.7. The first-order chi connectivity index (χ1) is 21.5. The van der Waals surface area contributed by atoms with Gasteiger partial charge in [-0.05, 0) is 5.53 Å². The number of hydrogen-bond donors (Lipinski definition) is 0. The van der Waals surface area contributed by atoms with E-state index in [1.807, 2.05) is 0 Å². The highest BCUT2D eigenvalue weighted by Crippen LogP contribution is 2.35. The summed E-state index contributed by atoms with van der Waals surface area (Å²) in [6, 6.07) is 0. The van der Waals surface area contributed by atoms with Gasteiger partial charge in [-0.3, -0.25) is 33.6 Å². The summed E-state index contributed by atoms with van der Waals surface area (Å²) < 4.78 is 54.8. The molecule has 0 aliphatic carbocycles. The molecule has 2 aliphatic rings. The van der Waals surface area contributed by atoms with Gasteiger partial charge in [0.1, 0.15) is 31.5 Å². The second kappa shape index (κ2) is 17.2. The molecule has 0 unspecified atom stereocenters. The Morgan fingerprint density at radius 3 is 1.37 bits per heavy atom. The predicted octanol–water partition coefficient (Wildman–Crippen LogP) is -0.0836. The highest BCUT2D eigenvalue weighted by atomic mass is 16.8. The second-order valence-corrected chi connectivity index (χ2v) is 9.89. The molecule has 2 saturated heterocycles. The van der Waals surface area contributed by atoms with Gasteiger partial charge in [-0.1, -0.05) is 5.11 Å². The zero-order valence-corrected chi connectivity index (χ0v) is 26.0. The highest BCUT2D eigenvalue weighted by Gasteiger charge is 2.57. The average molecular weight is 662 g/mol. The zero-order chi connectivity index (χ0) is 34.7. The third-order valence-corrected chi connectivity index (χ3v) is 6.07. The summed E-state index contributed by atoms with van der Waals surface area (Å²) in [7, 11) is 0. The molecule has 2 fully saturated rings. The van der Waals surface area contributed by atoms with Gasteiger partial charge < -0.3 is 47.4 Å². The van der Waals surface area contributed by atoms with Gasteiger partial charge in [0.15, 0.2) is 43.0 Å². The van der Waals surface area contributed by atoms with Crippen LogP contribution in [0.2, 0.25) is 0 Å². The fraction of sp³-hybridized carbons (Fsp3) is 0.731. The Kier molecular flexibility index (Phi) is 14.1. The van der Waals surface area contributed by atoms with E-state index in [0.717, 1.165) is 48.5 Å². The minimum Gasteiger partial charge on any atom is -0.463 e. The smallest absolute Gasteiger partial charge is 0.303 e. The van der Waals surface area contributed by atoms with Crippen LogP contribution in [-0.2, 0) is 80.9 Å². The summed E-state index contributed by atoms with van der Waals surface area (Å²) in [6.07, 6.45) is -16.1. The lowest BCUT2D eigenvalue weighted by Crippen LogP contribution is -2.67. The number of esters is 7. The summed E-state index contributed by atoms with van der Waals surface area (Å²) in [5.41, 5.74) is 9.13. The van der Waals surface area contributed by atoms with Gasteiger partial charge in [-0.2, -0.15) is 0 Å². The molecular weight excluding hydrogens is 626 g/mol. The molecule has 0 N–H and O–H groups in total. The molecule has 2 heterocycles. The number of carbonyl (C=O) groups excluding carboxylic acids is 7. The van der Waals surface area contributed by atoms with E-state index in [9.17, 15) is 33.6 Å². The van der Waals surface area contributed by atoms with E-state index in [-0.39, 0.29) is 0 Å². The molecule has 0 bridgehead atoms. The first-order valence-electron chi connectivity index (χ1n) is 13.7. The maximum Gasteiger partial charge on any atom is 0.303 e. The molecule has 2 rings (SSSR count). The molecule has 20 heteroatoms. The standard InChI is InChI=1S/C26H35N3O17/c1-10(30)37-8-17-20(21(40-13(4)33)23(42-15(6)35)25(44-17)28-29-27)46-26-24(43-16(7)36)22(41-14(5)34)19(39-12(3)32)18(45-26)9-38-11(2)31/h17-26H,8-9H2,1-7H3/t17-,18-,19-,20-,21+,22+,23+,24-,25+,26+/m0/s1. The lowest BCUT2D eigenvalue weighted by Gasteiger charge is -2.48. The Balaban J connectivity index is 2.73. The van der Waals surface area contributed by atoms with Crippen molar-refractivity contribution >= 4 is 41.8 Å². The molecule has 0 radical (unpaired) electrons. The van der Waals surface area contributed by atoms with Crippen molar-refractivity contribution in [2.75, 3.05) is 13.2 Å². The van der Waals surface area contributed by atoms with Gasteiger partial charge in [0, 0.05) is 53.4 Å². The Morgan fingerprint density at radius 1 is 0.543 bits per heavy atom. The Hall–Kier alpha value is -4.52. The highest BCUT2D eigenvalue weighted by molar-refractivity contribution is 5.69. The van der Waals surface area contributed by atoms with E-state index < -0.39 is 116 Å². The summed E-state index contributed by atoms with van der Waals surface area (Å²) in [5, 5.41) is 3.46. The van der Waals surface area contributed by atoms with Gasteiger partial charge in [0.25, 0.3) is 0 Å². The van der Waals surface area contributed by atoms with Gasteiger partial charge in [-0.25, -0.2) is 0 Å². The minimum atomic E-state index is -1.82. The van der Waals surface area contributed by atoms with Crippen molar-refractivity contribution in [2.45, 2.75) is 110 Å². The summed E-state index contributed by atoms with van der Waals surface area (Å²) >= 11 is 0. The number of hydrogen-bond acceptors (Lipinski definition) is 18. The SMILES string of the molecule is CC(=O)OC[C@@H]1O[C@@H](N=[N+]=[N-])[C@H](OC(C)=O)[C@H](OC(C)=O)[C@H]1O[C@H]1O[C@@H](COC(C)=O)[C@H](OC(C)=O)[C@@H](OC(C)=O)[C@@H]1OC(C)=O. The number of nitrogens with zero attached hydrogens (tertiary/aromatic N) is 3. The molecule has 20 nitrogen and oxygen atoms in total. The number of ether oxygens (including phenoxy) is 10. The van der Waals surface area contributed by atoms with Crippen LogP contribution in [0.3, 0.4) is 0 Å². The third-order valence-electron chi connectivity index (χ3n) is 6.07. The summed E-state index contributed by atoms with van der Waals surface area (Å²) in [5.74, 6) is -6.10. The average Bonchev–Trinajstić information content (AvgIpc) is 2.91. The molecule has 0 aromatic carbocycles. The van der Waals surface area contributed by atoms with Crippen molar-refractivity contribution < 1.29 is 80.9 Å². The maximum atomic E-state index is 12.2. The van der Waals surface area contributed by atoms with Crippen LogP contribution in [0, 0.1) is 0 Å². The van der Waals surface area contributed by atoms with Crippen LogP contribution in [0.15, 0.2) is 5.11 Å². The molecule has 256 valence electrons. The van der Waals surface area contributed by atoms with Gasteiger partial charge >= 0.3 is 41.8 Å². The quantitative estimate of drug-likeness (QED) is 0.0870.